The molecule has 7 heteroatoms. The Morgan fingerprint density at radius 1 is 0.806 bits per heavy atom. The van der Waals surface area contributed by atoms with E-state index in [2.05, 4.69) is 10.6 Å². The third kappa shape index (κ3) is 5.99. The zero-order chi connectivity index (χ0) is 22.2. The van der Waals surface area contributed by atoms with Crippen molar-refractivity contribution in [3.05, 3.63) is 77.9 Å². The van der Waals surface area contributed by atoms with Crippen molar-refractivity contribution in [2.75, 3.05) is 31.5 Å². The minimum Gasteiger partial charge on any atom is -0.497 e. The summed E-state index contributed by atoms with van der Waals surface area (Å²) in [6.07, 6.45) is 0. The van der Waals surface area contributed by atoms with Gasteiger partial charge in [-0.15, -0.1) is 0 Å². The number of methoxy groups -OCH3 is 2. The predicted molar refractivity (Wildman–Crippen MR) is 119 cm³/mol. The molecule has 3 aromatic rings. The third-order valence-corrected chi connectivity index (χ3v) is 4.48. The average molecular weight is 420 g/mol. The van der Waals surface area contributed by atoms with Crippen molar-refractivity contribution in [2.24, 2.45) is 0 Å². The van der Waals surface area contributed by atoms with Crippen LogP contribution in [0.25, 0.3) is 0 Å². The van der Waals surface area contributed by atoms with Crippen LogP contribution in [-0.4, -0.2) is 32.6 Å². The summed E-state index contributed by atoms with van der Waals surface area (Å²) in [4.78, 5) is 24.6. The van der Waals surface area contributed by atoms with Crippen LogP contribution >= 0.6 is 0 Å². The Balaban J connectivity index is 1.54. The molecule has 0 saturated carbocycles. The Bertz CT molecular complexity index is 1050. The fraction of sp³-hybridized carbons (Fsp3) is 0.167. The fourth-order valence-electron chi connectivity index (χ4n) is 2.79. The van der Waals surface area contributed by atoms with Crippen LogP contribution in [-0.2, 0) is 4.79 Å². The highest BCUT2D eigenvalue weighted by molar-refractivity contribution is 6.04. The molecule has 160 valence electrons. The van der Waals surface area contributed by atoms with Gasteiger partial charge in [-0.05, 0) is 55.5 Å². The first kappa shape index (κ1) is 21.7. The van der Waals surface area contributed by atoms with Gasteiger partial charge in [0.1, 0.15) is 17.2 Å². The second-order valence-electron chi connectivity index (χ2n) is 6.75. The normalized spacial score (nSPS) is 10.2. The summed E-state index contributed by atoms with van der Waals surface area (Å²) in [6.45, 7) is 1.78. The Kier molecular flexibility index (Phi) is 7.11. The molecule has 0 radical (unpaired) electrons. The molecule has 0 atom stereocenters. The van der Waals surface area contributed by atoms with Crippen molar-refractivity contribution in [3.8, 4) is 17.2 Å². The van der Waals surface area contributed by atoms with Crippen molar-refractivity contribution in [3.63, 3.8) is 0 Å². The largest absolute Gasteiger partial charge is 0.497 e. The number of hydrogen-bond acceptors (Lipinski definition) is 5. The van der Waals surface area contributed by atoms with Crippen LogP contribution < -0.4 is 24.8 Å². The monoisotopic (exact) mass is 420 g/mol. The highest BCUT2D eigenvalue weighted by Crippen LogP contribution is 2.28. The summed E-state index contributed by atoms with van der Waals surface area (Å²) in [5, 5.41) is 5.57. The summed E-state index contributed by atoms with van der Waals surface area (Å²) in [5.41, 5.74) is 2.81. The Morgan fingerprint density at radius 2 is 1.48 bits per heavy atom. The lowest BCUT2D eigenvalue weighted by Gasteiger charge is -2.12. The molecule has 0 aromatic heterocycles. The van der Waals surface area contributed by atoms with Crippen LogP contribution in [0.3, 0.4) is 0 Å². The number of ether oxygens (including phenoxy) is 3. The SMILES string of the molecule is COc1ccc(OC)c(NC(=O)COc2ccc(C(=O)Nc3ccc(C)cc3)cc2)c1. The molecule has 2 N–H and O–H groups in total. The van der Waals surface area contributed by atoms with Crippen molar-refractivity contribution in [1.29, 1.82) is 0 Å². The number of carbonyl (C=O) groups is 2. The standard InChI is InChI=1S/C24H24N2O5/c1-16-4-8-18(9-5-16)25-24(28)17-6-10-19(11-7-17)31-15-23(27)26-21-14-20(29-2)12-13-22(21)30-3/h4-14H,15H2,1-3H3,(H,25,28)(H,26,27). The molecule has 31 heavy (non-hydrogen) atoms. The molecule has 0 fully saturated rings. The summed E-state index contributed by atoms with van der Waals surface area (Å²) in [6, 6.07) is 19.2. The number of amides is 2. The van der Waals surface area contributed by atoms with E-state index in [4.69, 9.17) is 14.2 Å². The first-order chi connectivity index (χ1) is 15.0. The van der Waals surface area contributed by atoms with Crippen molar-refractivity contribution in [1.82, 2.24) is 0 Å². The number of carbonyl (C=O) groups excluding carboxylic acids is 2. The maximum atomic E-state index is 12.4. The average Bonchev–Trinajstić information content (AvgIpc) is 2.79. The Labute approximate surface area is 180 Å². The van der Waals surface area contributed by atoms with Crippen LogP contribution in [0.5, 0.6) is 17.2 Å². The predicted octanol–water partition coefficient (Wildman–Crippen LogP) is 4.28. The van der Waals surface area contributed by atoms with Gasteiger partial charge in [-0.25, -0.2) is 0 Å². The molecular formula is C24H24N2O5. The Hall–Kier alpha value is -4.00. The first-order valence-corrected chi connectivity index (χ1v) is 9.61. The molecule has 0 saturated heterocycles. The number of hydrogen-bond donors (Lipinski definition) is 2. The van der Waals surface area contributed by atoms with Gasteiger partial charge < -0.3 is 24.8 Å². The molecule has 0 aliphatic carbocycles. The van der Waals surface area contributed by atoms with Crippen molar-refractivity contribution >= 4 is 23.2 Å². The van der Waals surface area contributed by atoms with Crippen molar-refractivity contribution < 1.29 is 23.8 Å². The van der Waals surface area contributed by atoms with E-state index in [1.54, 1.807) is 49.6 Å². The Morgan fingerprint density at radius 3 is 2.13 bits per heavy atom. The molecule has 3 aromatic carbocycles. The van der Waals surface area contributed by atoms with Gasteiger partial charge in [0.25, 0.3) is 11.8 Å². The second-order valence-corrected chi connectivity index (χ2v) is 6.75. The molecule has 0 bridgehead atoms. The van der Waals surface area contributed by atoms with E-state index in [1.165, 1.54) is 7.11 Å². The topological polar surface area (TPSA) is 85.9 Å². The van der Waals surface area contributed by atoms with Crippen LogP contribution in [0.2, 0.25) is 0 Å². The van der Waals surface area contributed by atoms with E-state index in [0.717, 1.165) is 11.3 Å². The van der Waals surface area contributed by atoms with Gasteiger partial charge in [-0.1, -0.05) is 17.7 Å². The van der Waals surface area contributed by atoms with Crippen LogP contribution in [0.1, 0.15) is 15.9 Å². The van der Waals surface area contributed by atoms with Crippen molar-refractivity contribution in [2.45, 2.75) is 6.92 Å². The maximum absolute atomic E-state index is 12.4. The molecule has 7 nitrogen and oxygen atoms in total. The number of rotatable bonds is 8. The lowest BCUT2D eigenvalue weighted by molar-refractivity contribution is -0.118. The van der Waals surface area contributed by atoms with Gasteiger partial charge in [-0.3, -0.25) is 9.59 Å². The summed E-state index contributed by atoms with van der Waals surface area (Å²) >= 11 is 0. The van der Waals surface area contributed by atoms with Gasteiger partial charge >= 0.3 is 0 Å². The molecule has 0 aliphatic heterocycles. The van der Waals surface area contributed by atoms with Crippen LogP contribution in [0, 0.1) is 6.92 Å². The second kappa shape index (κ2) is 10.2. The van der Waals surface area contributed by atoms with E-state index < -0.39 is 0 Å². The zero-order valence-electron chi connectivity index (χ0n) is 17.6. The van der Waals surface area contributed by atoms with E-state index in [1.807, 2.05) is 31.2 Å². The summed E-state index contributed by atoms with van der Waals surface area (Å²) < 4.78 is 15.9. The molecule has 0 aliphatic rings. The molecule has 0 spiro atoms. The number of nitrogens with one attached hydrogen (secondary N) is 2. The molecule has 2 amide bonds. The van der Waals surface area contributed by atoms with Gasteiger partial charge in [0.2, 0.25) is 0 Å². The summed E-state index contributed by atoms with van der Waals surface area (Å²) in [7, 11) is 3.06. The lowest BCUT2D eigenvalue weighted by Crippen LogP contribution is -2.20. The molecular weight excluding hydrogens is 396 g/mol. The van der Waals surface area contributed by atoms with Gasteiger partial charge in [-0.2, -0.15) is 0 Å². The molecule has 0 heterocycles. The number of aryl methyl sites for hydroxylation is 1. The maximum Gasteiger partial charge on any atom is 0.262 e. The van der Waals surface area contributed by atoms with E-state index >= 15 is 0 Å². The minimum absolute atomic E-state index is 0.199. The van der Waals surface area contributed by atoms with Crippen LogP contribution in [0.15, 0.2) is 66.7 Å². The quantitative estimate of drug-likeness (QED) is 0.568. The van der Waals surface area contributed by atoms with Crippen LogP contribution in [0.4, 0.5) is 11.4 Å². The van der Waals surface area contributed by atoms with E-state index in [-0.39, 0.29) is 18.4 Å². The smallest absolute Gasteiger partial charge is 0.262 e. The minimum atomic E-state index is -0.354. The highest BCUT2D eigenvalue weighted by atomic mass is 16.5. The number of anilines is 2. The highest BCUT2D eigenvalue weighted by Gasteiger charge is 2.11. The molecule has 0 unspecified atom stereocenters. The molecule has 3 rings (SSSR count). The first-order valence-electron chi connectivity index (χ1n) is 9.61. The number of benzene rings is 3. The van der Waals surface area contributed by atoms with Gasteiger partial charge in [0.15, 0.2) is 6.61 Å². The third-order valence-electron chi connectivity index (χ3n) is 4.48. The van der Waals surface area contributed by atoms with E-state index in [0.29, 0.717) is 28.5 Å². The lowest BCUT2D eigenvalue weighted by atomic mass is 10.2. The van der Waals surface area contributed by atoms with E-state index in [9.17, 15) is 9.59 Å². The van der Waals surface area contributed by atoms with Gasteiger partial charge in [0.05, 0.1) is 19.9 Å². The fourth-order valence-corrected chi connectivity index (χ4v) is 2.79. The zero-order valence-corrected chi connectivity index (χ0v) is 17.6. The summed E-state index contributed by atoms with van der Waals surface area (Å²) in [5.74, 6) is 1.00. The van der Waals surface area contributed by atoms with Gasteiger partial charge in [0, 0.05) is 17.3 Å².